The number of methoxy groups -OCH3 is 1. The Bertz CT molecular complexity index is 386. The maximum absolute atomic E-state index is 5.25. The topological polar surface area (TPSA) is 39.1 Å². The lowest BCUT2D eigenvalue weighted by atomic mass is 9.78. The van der Waals surface area contributed by atoms with Crippen LogP contribution in [0.5, 0.6) is 5.88 Å². The molecule has 2 atom stereocenters. The molecule has 1 aromatic rings. The van der Waals surface area contributed by atoms with E-state index in [0.29, 0.717) is 6.04 Å². The minimum atomic E-state index is 0.554. The van der Waals surface area contributed by atoms with Gasteiger partial charge < -0.3 is 10.1 Å². The summed E-state index contributed by atoms with van der Waals surface area (Å²) < 4.78 is 7.02. The summed E-state index contributed by atoms with van der Waals surface area (Å²) >= 11 is 0. The maximum Gasteiger partial charge on any atom is 0.213 e. The number of hydrogen-bond acceptors (Lipinski definition) is 3. The fourth-order valence-electron chi connectivity index (χ4n) is 3.04. The van der Waals surface area contributed by atoms with Gasteiger partial charge >= 0.3 is 0 Å². The van der Waals surface area contributed by atoms with Crippen LogP contribution in [0.3, 0.4) is 0 Å². The van der Waals surface area contributed by atoms with E-state index in [4.69, 9.17) is 4.74 Å². The molecular weight excluding hydrogens is 226 g/mol. The van der Waals surface area contributed by atoms with Crippen LogP contribution in [0.4, 0.5) is 5.82 Å². The SMILES string of the molecule is COc1cc(NC2CCCCC2C(C)C)nn1C. The van der Waals surface area contributed by atoms with E-state index in [2.05, 4.69) is 24.3 Å². The van der Waals surface area contributed by atoms with Crippen LogP contribution >= 0.6 is 0 Å². The molecule has 0 amide bonds. The van der Waals surface area contributed by atoms with Gasteiger partial charge in [-0.25, -0.2) is 4.68 Å². The quantitative estimate of drug-likeness (QED) is 0.894. The van der Waals surface area contributed by atoms with E-state index in [1.165, 1.54) is 25.7 Å². The first-order valence-corrected chi connectivity index (χ1v) is 6.96. The lowest BCUT2D eigenvalue weighted by Gasteiger charge is -2.34. The first-order valence-electron chi connectivity index (χ1n) is 6.96. The molecule has 1 fully saturated rings. The summed E-state index contributed by atoms with van der Waals surface area (Å²) in [5, 5.41) is 8.05. The van der Waals surface area contributed by atoms with E-state index in [1.54, 1.807) is 11.8 Å². The second-order valence-electron chi connectivity index (χ2n) is 5.64. The third-order valence-corrected chi connectivity index (χ3v) is 4.06. The number of aromatic nitrogens is 2. The van der Waals surface area contributed by atoms with Crippen molar-refractivity contribution in [2.75, 3.05) is 12.4 Å². The summed E-state index contributed by atoms with van der Waals surface area (Å²) in [6.07, 6.45) is 5.28. The Morgan fingerprint density at radius 3 is 2.72 bits per heavy atom. The summed E-state index contributed by atoms with van der Waals surface area (Å²) in [6, 6.07) is 2.53. The van der Waals surface area contributed by atoms with Crippen molar-refractivity contribution in [2.45, 2.75) is 45.6 Å². The van der Waals surface area contributed by atoms with E-state index in [0.717, 1.165) is 23.5 Å². The second-order valence-corrected chi connectivity index (χ2v) is 5.64. The number of ether oxygens (including phenoxy) is 1. The molecule has 1 aliphatic rings. The van der Waals surface area contributed by atoms with Crippen LogP contribution in [-0.2, 0) is 7.05 Å². The number of aryl methyl sites for hydroxylation is 1. The smallest absolute Gasteiger partial charge is 0.213 e. The zero-order chi connectivity index (χ0) is 13.1. The highest BCUT2D eigenvalue weighted by Crippen LogP contribution is 2.32. The average molecular weight is 251 g/mol. The van der Waals surface area contributed by atoms with Crippen LogP contribution in [0.2, 0.25) is 0 Å². The molecule has 2 rings (SSSR count). The average Bonchev–Trinajstić information content (AvgIpc) is 2.70. The molecule has 0 saturated heterocycles. The Morgan fingerprint density at radius 1 is 1.39 bits per heavy atom. The Kier molecular flexibility index (Phi) is 4.15. The highest BCUT2D eigenvalue weighted by Gasteiger charge is 2.28. The lowest BCUT2D eigenvalue weighted by molar-refractivity contribution is 0.253. The number of nitrogens with one attached hydrogen (secondary N) is 1. The molecule has 4 heteroatoms. The van der Waals surface area contributed by atoms with Gasteiger partial charge in [0, 0.05) is 19.2 Å². The van der Waals surface area contributed by atoms with Gasteiger partial charge in [-0.3, -0.25) is 0 Å². The van der Waals surface area contributed by atoms with E-state index in [1.807, 2.05) is 13.1 Å². The Morgan fingerprint density at radius 2 is 2.11 bits per heavy atom. The van der Waals surface area contributed by atoms with Crippen LogP contribution in [0.15, 0.2) is 6.07 Å². The highest BCUT2D eigenvalue weighted by molar-refractivity contribution is 5.39. The molecule has 1 saturated carbocycles. The molecule has 1 aromatic heterocycles. The van der Waals surface area contributed by atoms with E-state index < -0.39 is 0 Å². The van der Waals surface area contributed by atoms with Crippen molar-refractivity contribution in [3.63, 3.8) is 0 Å². The summed E-state index contributed by atoms with van der Waals surface area (Å²) in [4.78, 5) is 0. The van der Waals surface area contributed by atoms with Gasteiger partial charge in [-0.05, 0) is 24.7 Å². The van der Waals surface area contributed by atoms with Gasteiger partial charge in [0.1, 0.15) is 0 Å². The highest BCUT2D eigenvalue weighted by atomic mass is 16.5. The molecule has 4 nitrogen and oxygen atoms in total. The summed E-state index contributed by atoms with van der Waals surface area (Å²) in [5.74, 6) is 3.22. The molecule has 0 bridgehead atoms. The fourth-order valence-corrected chi connectivity index (χ4v) is 3.04. The van der Waals surface area contributed by atoms with Crippen molar-refractivity contribution in [2.24, 2.45) is 18.9 Å². The van der Waals surface area contributed by atoms with Gasteiger partial charge in [-0.15, -0.1) is 0 Å². The van der Waals surface area contributed by atoms with Gasteiger partial charge in [0.2, 0.25) is 5.88 Å². The van der Waals surface area contributed by atoms with Crippen molar-refractivity contribution < 1.29 is 4.74 Å². The Labute approximate surface area is 110 Å². The Hall–Kier alpha value is -1.19. The van der Waals surface area contributed by atoms with Crippen LogP contribution in [-0.4, -0.2) is 22.9 Å². The predicted molar refractivity (Wildman–Crippen MR) is 74.0 cm³/mol. The summed E-state index contributed by atoms with van der Waals surface area (Å²) in [6.45, 7) is 4.65. The third-order valence-electron chi connectivity index (χ3n) is 4.06. The van der Waals surface area contributed by atoms with Crippen molar-refractivity contribution in [3.8, 4) is 5.88 Å². The monoisotopic (exact) mass is 251 g/mol. The molecular formula is C14H25N3O. The van der Waals surface area contributed by atoms with E-state index in [-0.39, 0.29) is 0 Å². The number of nitrogens with zero attached hydrogens (tertiary/aromatic N) is 2. The van der Waals surface area contributed by atoms with Gasteiger partial charge in [0.05, 0.1) is 7.11 Å². The van der Waals surface area contributed by atoms with Gasteiger partial charge in [0.15, 0.2) is 5.82 Å². The summed E-state index contributed by atoms with van der Waals surface area (Å²) in [5.41, 5.74) is 0. The number of hydrogen-bond donors (Lipinski definition) is 1. The van der Waals surface area contributed by atoms with Crippen molar-refractivity contribution in [1.29, 1.82) is 0 Å². The minimum absolute atomic E-state index is 0.554. The Balaban J connectivity index is 2.06. The van der Waals surface area contributed by atoms with E-state index >= 15 is 0 Å². The lowest BCUT2D eigenvalue weighted by Crippen LogP contribution is -2.35. The third kappa shape index (κ3) is 2.79. The second kappa shape index (κ2) is 5.63. The van der Waals surface area contributed by atoms with Crippen molar-refractivity contribution in [3.05, 3.63) is 6.07 Å². The van der Waals surface area contributed by atoms with Gasteiger partial charge in [-0.2, -0.15) is 5.10 Å². The van der Waals surface area contributed by atoms with Crippen LogP contribution < -0.4 is 10.1 Å². The van der Waals surface area contributed by atoms with Crippen LogP contribution in [0, 0.1) is 11.8 Å². The predicted octanol–water partition coefficient (Wildman–Crippen LogP) is 3.06. The zero-order valence-electron chi connectivity index (χ0n) is 11.9. The summed E-state index contributed by atoms with van der Waals surface area (Å²) in [7, 11) is 3.59. The molecule has 0 aromatic carbocycles. The molecule has 1 N–H and O–H groups in total. The molecule has 1 heterocycles. The van der Waals surface area contributed by atoms with Crippen molar-refractivity contribution in [1.82, 2.24) is 9.78 Å². The van der Waals surface area contributed by atoms with Crippen LogP contribution in [0.1, 0.15) is 39.5 Å². The molecule has 102 valence electrons. The zero-order valence-corrected chi connectivity index (χ0v) is 11.9. The number of rotatable bonds is 4. The largest absolute Gasteiger partial charge is 0.481 e. The molecule has 0 spiro atoms. The van der Waals surface area contributed by atoms with Crippen molar-refractivity contribution >= 4 is 5.82 Å². The number of anilines is 1. The van der Waals surface area contributed by atoms with Gasteiger partial charge in [0.25, 0.3) is 0 Å². The molecule has 0 radical (unpaired) electrons. The maximum atomic E-state index is 5.25. The minimum Gasteiger partial charge on any atom is -0.481 e. The normalized spacial score (nSPS) is 24.3. The van der Waals surface area contributed by atoms with E-state index in [9.17, 15) is 0 Å². The van der Waals surface area contributed by atoms with Gasteiger partial charge in [-0.1, -0.05) is 26.7 Å². The molecule has 2 unspecified atom stereocenters. The molecule has 18 heavy (non-hydrogen) atoms. The molecule has 1 aliphatic carbocycles. The first kappa shape index (κ1) is 13.2. The first-order chi connectivity index (χ1) is 8.61. The fraction of sp³-hybridized carbons (Fsp3) is 0.786. The molecule has 0 aliphatic heterocycles. The standard InChI is InChI=1S/C14H25N3O/c1-10(2)11-7-5-6-8-12(11)15-13-9-14(18-4)17(3)16-13/h9-12H,5-8H2,1-4H3,(H,15,16). The van der Waals surface area contributed by atoms with Crippen LogP contribution in [0.25, 0.3) is 0 Å².